The second kappa shape index (κ2) is 5.22. The van der Waals surface area contributed by atoms with Crippen LogP contribution in [0.2, 0.25) is 0 Å². The van der Waals surface area contributed by atoms with E-state index in [0.717, 1.165) is 0 Å². The van der Waals surface area contributed by atoms with Crippen molar-refractivity contribution in [3.63, 3.8) is 0 Å². The predicted molar refractivity (Wildman–Crippen MR) is 60.4 cm³/mol. The van der Waals surface area contributed by atoms with Crippen LogP contribution in [0.3, 0.4) is 0 Å². The van der Waals surface area contributed by atoms with Crippen LogP contribution in [0.5, 0.6) is 0 Å². The summed E-state index contributed by atoms with van der Waals surface area (Å²) in [5.41, 5.74) is 1.27. The number of nitrogens with one attached hydrogen (secondary N) is 2. The summed E-state index contributed by atoms with van der Waals surface area (Å²) in [4.78, 5) is 21.3. The molecule has 0 bridgehead atoms. The molecule has 1 rings (SSSR count). The van der Waals surface area contributed by atoms with E-state index >= 15 is 0 Å². The normalized spacial score (nSPS) is 9.88. The van der Waals surface area contributed by atoms with Gasteiger partial charge in [-0.25, -0.2) is 0 Å². The van der Waals surface area contributed by atoms with E-state index in [2.05, 4.69) is 10.6 Å². The van der Waals surface area contributed by atoms with Crippen LogP contribution >= 0.6 is 0 Å². The number of rotatable bonds is 4. The van der Waals surface area contributed by atoms with Gasteiger partial charge in [-0.15, -0.1) is 0 Å². The number of amides is 1. The molecular formula is C10H13N3O3. The lowest BCUT2D eigenvalue weighted by Gasteiger charge is -2.07. The van der Waals surface area contributed by atoms with Gasteiger partial charge in [-0.05, 0) is 25.6 Å². The zero-order chi connectivity index (χ0) is 12.1. The van der Waals surface area contributed by atoms with E-state index < -0.39 is 4.92 Å². The Labute approximate surface area is 92.8 Å². The van der Waals surface area contributed by atoms with Gasteiger partial charge in [-0.1, -0.05) is 0 Å². The van der Waals surface area contributed by atoms with Gasteiger partial charge in [0.1, 0.15) is 0 Å². The molecule has 1 aromatic rings. The average Bonchev–Trinajstić information content (AvgIpc) is 2.21. The molecule has 6 heteroatoms. The first kappa shape index (κ1) is 12.1. The number of hydrogen-bond donors (Lipinski definition) is 2. The van der Waals surface area contributed by atoms with Gasteiger partial charge in [0, 0.05) is 17.8 Å². The summed E-state index contributed by atoms with van der Waals surface area (Å²) >= 11 is 0. The summed E-state index contributed by atoms with van der Waals surface area (Å²) in [6.07, 6.45) is 0. The van der Waals surface area contributed by atoms with E-state index in [1.807, 2.05) is 0 Å². The van der Waals surface area contributed by atoms with Crippen molar-refractivity contribution in [2.24, 2.45) is 0 Å². The van der Waals surface area contributed by atoms with Crippen molar-refractivity contribution in [3.05, 3.63) is 33.9 Å². The second-order valence-corrected chi connectivity index (χ2v) is 3.33. The zero-order valence-electron chi connectivity index (χ0n) is 9.11. The van der Waals surface area contributed by atoms with Crippen molar-refractivity contribution in [2.45, 2.75) is 6.92 Å². The van der Waals surface area contributed by atoms with Gasteiger partial charge in [-0.3, -0.25) is 14.9 Å². The molecule has 0 radical (unpaired) electrons. The summed E-state index contributed by atoms with van der Waals surface area (Å²) < 4.78 is 0. The van der Waals surface area contributed by atoms with Gasteiger partial charge in [0.15, 0.2) is 0 Å². The number of carbonyl (C=O) groups is 1. The highest BCUT2D eigenvalue weighted by atomic mass is 16.6. The lowest BCUT2D eigenvalue weighted by atomic mass is 10.2. The maximum absolute atomic E-state index is 11.3. The number of benzene rings is 1. The van der Waals surface area contributed by atoms with E-state index in [1.165, 1.54) is 18.2 Å². The van der Waals surface area contributed by atoms with Gasteiger partial charge < -0.3 is 10.6 Å². The second-order valence-electron chi connectivity index (χ2n) is 3.33. The standard InChI is InChI=1S/C10H13N3O3/c1-7-5-8(13(15)16)3-4-9(7)12-10(14)6-11-2/h3-5,11H,6H2,1-2H3,(H,12,14). The van der Waals surface area contributed by atoms with Gasteiger partial charge in [0.05, 0.1) is 11.5 Å². The van der Waals surface area contributed by atoms with Gasteiger partial charge in [-0.2, -0.15) is 0 Å². The molecule has 0 atom stereocenters. The number of non-ortho nitro benzene ring substituents is 1. The summed E-state index contributed by atoms with van der Waals surface area (Å²) in [7, 11) is 1.67. The number of aryl methyl sites for hydroxylation is 1. The number of anilines is 1. The van der Waals surface area contributed by atoms with E-state index in [4.69, 9.17) is 0 Å². The van der Waals surface area contributed by atoms with E-state index in [9.17, 15) is 14.9 Å². The van der Waals surface area contributed by atoms with Crippen LogP contribution < -0.4 is 10.6 Å². The minimum absolute atomic E-state index is 0.0177. The first-order valence-corrected chi connectivity index (χ1v) is 4.74. The minimum Gasteiger partial charge on any atom is -0.325 e. The predicted octanol–water partition coefficient (Wildman–Crippen LogP) is 1.06. The topological polar surface area (TPSA) is 84.3 Å². The molecule has 0 aliphatic carbocycles. The lowest BCUT2D eigenvalue weighted by molar-refractivity contribution is -0.384. The summed E-state index contributed by atoms with van der Waals surface area (Å²) in [6, 6.07) is 4.32. The van der Waals surface area contributed by atoms with Crippen LogP contribution in [0.15, 0.2) is 18.2 Å². The van der Waals surface area contributed by atoms with Crippen LogP contribution in [0.1, 0.15) is 5.56 Å². The monoisotopic (exact) mass is 223 g/mol. The van der Waals surface area contributed by atoms with Crippen molar-refractivity contribution in [2.75, 3.05) is 18.9 Å². The molecule has 0 aliphatic rings. The Hall–Kier alpha value is -1.95. The molecule has 2 N–H and O–H groups in total. The molecule has 16 heavy (non-hydrogen) atoms. The highest BCUT2D eigenvalue weighted by Crippen LogP contribution is 2.20. The maximum Gasteiger partial charge on any atom is 0.269 e. The third kappa shape index (κ3) is 3.03. The number of likely N-dealkylation sites (N-methyl/N-ethyl adjacent to an activating group) is 1. The van der Waals surface area contributed by atoms with Crippen molar-refractivity contribution in [1.82, 2.24) is 5.32 Å². The van der Waals surface area contributed by atoms with E-state index in [-0.39, 0.29) is 18.1 Å². The minimum atomic E-state index is -0.466. The Morgan fingerprint density at radius 2 is 2.19 bits per heavy atom. The van der Waals surface area contributed by atoms with Crippen molar-refractivity contribution < 1.29 is 9.72 Å². The fourth-order valence-electron chi connectivity index (χ4n) is 1.26. The lowest BCUT2D eigenvalue weighted by Crippen LogP contribution is -2.25. The van der Waals surface area contributed by atoms with Crippen molar-refractivity contribution in [3.8, 4) is 0 Å². The average molecular weight is 223 g/mol. The Balaban J connectivity index is 2.83. The van der Waals surface area contributed by atoms with Crippen LogP contribution in [-0.4, -0.2) is 24.4 Å². The van der Waals surface area contributed by atoms with Crippen LogP contribution in [0.4, 0.5) is 11.4 Å². The number of nitrogens with zero attached hydrogens (tertiary/aromatic N) is 1. The highest BCUT2D eigenvalue weighted by Gasteiger charge is 2.09. The fraction of sp³-hybridized carbons (Fsp3) is 0.300. The smallest absolute Gasteiger partial charge is 0.269 e. The first-order valence-electron chi connectivity index (χ1n) is 4.74. The van der Waals surface area contributed by atoms with Gasteiger partial charge in [0.25, 0.3) is 5.69 Å². The summed E-state index contributed by atoms with van der Waals surface area (Å²) in [5, 5.41) is 15.9. The summed E-state index contributed by atoms with van der Waals surface area (Å²) in [5.74, 6) is -0.181. The van der Waals surface area contributed by atoms with Gasteiger partial charge >= 0.3 is 0 Å². The number of nitro groups is 1. The molecule has 0 saturated heterocycles. The molecule has 0 unspecified atom stereocenters. The van der Waals surface area contributed by atoms with E-state index in [1.54, 1.807) is 14.0 Å². The van der Waals surface area contributed by atoms with Crippen LogP contribution in [0.25, 0.3) is 0 Å². The molecule has 0 heterocycles. The Morgan fingerprint density at radius 3 is 2.69 bits per heavy atom. The number of carbonyl (C=O) groups excluding carboxylic acids is 1. The molecular weight excluding hydrogens is 210 g/mol. The molecule has 6 nitrogen and oxygen atoms in total. The van der Waals surface area contributed by atoms with Crippen LogP contribution in [0, 0.1) is 17.0 Å². The Morgan fingerprint density at radius 1 is 1.50 bits per heavy atom. The summed E-state index contributed by atoms with van der Waals surface area (Å²) in [6.45, 7) is 1.92. The molecule has 86 valence electrons. The first-order chi connectivity index (χ1) is 7.54. The largest absolute Gasteiger partial charge is 0.325 e. The quantitative estimate of drug-likeness (QED) is 0.590. The third-order valence-corrected chi connectivity index (χ3v) is 2.03. The SMILES string of the molecule is CNCC(=O)Nc1ccc([N+](=O)[O-])cc1C. The third-order valence-electron chi connectivity index (χ3n) is 2.03. The van der Waals surface area contributed by atoms with Crippen molar-refractivity contribution in [1.29, 1.82) is 0 Å². The van der Waals surface area contributed by atoms with Crippen LogP contribution in [-0.2, 0) is 4.79 Å². The molecule has 0 aliphatic heterocycles. The molecule has 0 fully saturated rings. The maximum atomic E-state index is 11.3. The van der Waals surface area contributed by atoms with E-state index in [0.29, 0.717) is 11.3 Å². The molecule has 1 aromatic carbocycles. The Bertz CT molecular complexity index is 418. The molecule has 0 spiro atoms. The Kier molecular flexibility index (Phi) is 3.96. The number of hydrogen-bond acceptors (Lipinski definition) is 4. The highest BCUT2D eigenvalue weighted by molar-refractivity contribution is 5.93. The van der Waals surface area contributed by atoms with Gasteiger partial charge in [0.2, 0.25) is 5.91 Å². The molecule has 0 aromatic heterocycles. The number of nitro benzene ring substituents is 1. The van der Waals surface area contributed by atoms with Crippen molar-refractivity contribution >= 4 is 17.3 Å². The zero-order valence-corrected chi connectivity index (χ0v) is 9.11. The molecule has 0 saturated carbocycles. The fourth-order valence-corrected chi connectivity index (χ4v) is 1.26. The molecule has 1 amide bonds.